The number of hydrogen-bond donors (Lipinski definition) is 0. The standard InChI is InChI=1S/C6H15NO5P5/c13-7-1-2-3(9-14)4(10-15)5(11-16)6(8-2)12-17/h2-6H,1,14-17H2/q-1. The molecular formula is C6H15NO5P5-. The van der Waals surface area contributed by atoms with E-state index in [1.165, 1.54) is 0 Å². The molecule has 0 aromatic heterocycles. The van der Waals surface area contributed by atoms with Crippen molar-refractivity contribution in [2.24, 2.45) is 4.74 Å². The van der Waals surface area contributed by atoms with Crippen LogP contribution in [0.5, 0.6) is 0 Å². The monoisotopic (exact) mass is 336 g/mol. The van der Waals surface area contributed by atoms with Crippen molar-refractivity contribution >= 4 is 46.9 Å². The minimum Gasteiger partial charge on any atom is -0.610 e. The molecule has 1 rings (SSSR count). The highest BCUT2D eigenvalue weighted by Gasteiger charge is 2.47. The van der Waals surface area contributed by atoms with Gasteiger partial charge in [-0.2, -0.15) is 0 Å². The highest BCUT2D eigenvalue weighted by molar-refractivity contribution is 7.10. The largest absolute Gasteiger partial charge is 0.610 e. The second kappa shape index (κ2) is 8.72. The van der Waals surface area contributed by atoms with E-state index < -0.39 is 12.4 Å². The second-order valence-electron chi connectivity index (χ2n) is 3.31. The van der Waals surface area contributed by atoms with Crippen molar-refractivity contribution in [2.75, 3.05) is 6.54 Å². The van der Waals surface area contributed by atoms with Crippen molar-refractivity contribution in [2.45, 2.75) is 30.7 Å². The Morgan fingerprint density at radius 3 is 1.94 bits per heavy atom. The number of hydrogen-bond acceptors (Lipinski definition) is 6. The van der Waals surface area contributed by atoms with Gasteiger partial charge in [0.1, 0.15) is 24.4 Å². The summed E-state index contributed by atoms with van der Waals surface area (Å²) < 4.78 is 30.4. The van der Waals surface area contributed by atoms with E-state index in [4.69, 9.17) is 22.8 Å². The third-order valence-corrected chi connectivity index (χ3v) is 3.83. The van der Waals surface area contributed by atoms with Crippen molar-refractivity contribution in [3.8, 4) is 0 Å². The molecule has 9 unspecified atom stereocenters. The van der Waals surface area contributed by atoms with E-state index in [-0.39, 0.29) is 18.3 Å². The zero-order valence-electron chi connectivity index (χ0n) is 8.84. The minimum atomic E-state index is -0.584. The van der Waals surface area contributed by atoms with E-state index in [1.54, 1.807) is 0 Å². The molecule has 0 spiro atoms. The van der Waals surface area contributed by atoms with Crippen LogP contribution in [0, 0.1) is 0 Å². The first kappa shape index (κ1) is 16.7. The number of rotatable bonds is 6. The average Bonchev–Trinajstić information content (AvgIpc) is 2.37. The van der Waals surface area contributed by atoms with Crippen LogP contribution < -0.4 is 0 Å². The molecule has 0 bridgehead atoms. The van der Waals surface area contributed by atoms with Gasteiger partial charge in [0.15, 0.2) is 6.29 Å². The summed E-state index contributed by atoms with van der Waals surface area (Å²) in [5.41, 5.74) is 0. The van der Waals surface area contributed by atoms with Crippen LogP contribution in [-0.2, 0) is 22.8 Å². The fraction of sp³-hybridized carbons (Fsp3) is 1.00. The molecule has 0 aliphatic carbocycles. The minimum absolute atomic E-state index is 0.322. The summed E-state index contributed by atoms with van der Waals surface area (Å²) in [6, 6.07) is 0. The van der Waals surface area contributed by atoms with Crippen molar-refractivity contribution < 1.29 is 22.8 Å². The van der Waals surface area contributed by atoms with Crippen LogP contribution in [0.25, 0.3) is 0 Å². The molecule has 17 heavy (non-hydrogen) atoms. The molecule has 1 saturated heterocycles. The van der Waals surface area contributed by atoms with E-state index in [2.05, 4.69) is 51.6 Å². The first-order valence-corrected chi connectivity index (χ1v) is 6.90. The lowest BCUT2D eigenvalue weighted by molar-refractivity contribution is -0.244. The summed E-state index contributed by atoms with van der Waals surface area (Å²) in [5.74, 6) is 0. The summed E-state index contributed by atoms with van der Waals surface area (Å²) in [6.45, 7) is 0.362. The molecule has 1 heterocycles. The highest BCUT2D eigenvalue weighted by Crippen LogP contribution is 2.32. The lowest BCUT2D eigenvalue weighted by Gasteiger charge is -2.43. The van der Waals surface area contributed by atoms with E-state index in [1.807, 2.05) is 0 Å². The van der Waals surface area contributed by atoms with Gasteiger partial charge in [0, 0.05) is 44.4 Å². The second-order valence-corrected chi connectivity index (χ2v) is 4.68. The van der Waals surface area contributed by atoms with Gasteiger partial charge in [-0.25, -0.2) is 0 Å². The van der Waals surface area contributed by atoms with Crippen LogP contribution in [-0.4, -0.2) is 37.3 Å². The van der Waals surface area contributed by atoms with E-state index in [0.29, 0.717) is 6.54 Å². The Bertz CT molecular complexity index is 249. The predicted molar refractivity (Wildman–Crippen MR) is 77.4 cm³/mol. The number of nitrogens with zero attached hydrogens (tertiary/aromatic N) is 1. The van der Waals surface area contributed by atoms with Gasteiger partial charge < -0.3 is 36.6 Å². The SMILES string of the molecule is [P-]=NCC1OC(OP)C(OP)C(OP)C1OP. The zero-order valence-corrected chi connectivity index (χ0v) is 14.4. The maximum absolute atomic E-state index is 5.66. The van der Waals surface area contributed by atoms with Crippen LogP contribution in [0.4, 0.5) is 0 Å². The zero-order chi connectivity index (χ0) is 12.8. The van der Waals surface area contributed by atoms with E-state index in [0.717, 1.165) is 0 Å². The molecule has 100 valence electrons. The molecule has 1 fully saturated rings. The Balaban J connectivity index is 2.87. The third kappa shape index (κ3) is 4.04. The Labute approximate surface area is 112 Å². The summed E-state index contributed by atoms with van der Waals surface area (Å²) in [6.07, 6.45) is -2.06. The van der Waals surface area contributed by atoms with Gasteiger partial charge >= 0.3 is 0 Å². The molecule has 1 aliphatic rings. The van der Waals surface area contributed by atoms with Crippen LogP contribution >= 0.6 is 46.9 Å². The first-order chi connectivity index (χ1) is 8.23. The molecule has 9 atom stereocenters. The summed E-state index contributed by atoms with van der Waals surface area (Å²) in [7, 11) is 12.5. The van der Waals surface area contributed by atoms with Gasteiger partial charge in [-0.05, 0) is 0 Å². The molecule has 0 aromatic carbocycles. The molecular weight excluding hydrogens is 321 g/mol. The maximum atomic E-state index is 5.66. The fourth-order valence-corrected chi connectivity index (χ4v) is 2.98. The lowest BCUT2D eigenvalue weighted by Crippen LogP contribution is -2.59. The van der Waals surface area contributed by atoms with Gasteiger partial charge in [0.05, 0.1) is 0 Å². The van der Waals surface area contributed by atoms with E-state index >= 15 is 0 Å². The van der Waals surface area contributed by atoms with Crippen LogP contribution in [0.2, 0.25) is 0 Å². The first-order valence-electron chi connectivity index (χ1n) is 4.61. The van der Waals surface area contributed by atoms with Crippen molar-refractivity contribution in [3.05, 3.63) is 0 Å². The van der Waals surface area contributed by atoms with Crippen LogP contribution in [0.3, 0.4) is 0 Å². The third-order valence-electron chi connectivity index (χ3n) is 2.46. The van der Waals surface area contributed by atoms with Gasteiger partial charge in [-0.15, -0.1) is 0 Å². The van der Waals surface area contributed by atoms with Crippen molar-refractivity contribution in [1.29, 1.82) is 0 Å². The van der Waals surface area contributed by atoms with Gasteiger partial charge in [-0.3, -0.25) is 0 Å². The van der Waals surface area contributed by atoms with E-state index in [9.17, 15) is 0 Å². The lowest BCUT2D eigenvalue weighted by atomic mass is 9.99. The Morgan fingerprint density at radius 1 is 0.941 bits per heavy atom. The molecule has 0 aromatic rings. The van der Waals surface area contributed by atoms with Crippen molar-refractivity contribution in [1.82, 2.24) is 0 Å². The molecule has 0 amide bonds. The quantitative estimate of drug-likeness (QED) is 0.690. The molecule has 6 nitrogen and oxygen atoms in total. The molecule has 0 radical (unpaired) electrons. The normalized spacial score (nSPS) is 38.0. The fourth-order valence-electron chi connectivity index (χ4n) is 1.68. The topological polar surface area (TPSA) is 58.5 Å². The predicted octanol–water partition coefficient (Wildman–Crippen LogP) is 1.64. The van der Waals surface area contributed by atoms with Gasteiger partial charge in [0.2, 0.25) is 0 Å². The van der Waals surface area contributed by atoms with Crippen LogP contribution in [0.15, 0.2) is 4.74 Å². The summed E-state index contributed by atoms with van der Waals surface area (Å²) in [5, 5.41) is 0. The summed E-state index contributed by atoms with van der Waals surface area (Å²) in [4.78, 5) is 0. The molecule has 0 saturated carbocycles. The smallest absolute Gasteiger partial charge is 0.190 e. The maximum Gasteiger partial charge on any atom is 0.190 e. The Morgan fingerprint density at radius 2 is 1.53 bits per heavy atom. The molecule has 11 heteroatoms. The van der Waals surface area contributed by atoms with Crippen molar-refractivity contribution in [3.63, 3.8) is 0 Å². The Hall–Kier alpha value is 1.62. The van der Waals surface area contributed by atoms with Crippen LogP contribution in [0.1, 0.15) is 0 Å². The summed E-state index contributed by atoms with van der Waals surface area (Å²) >= 11 is 0. The number of ether oxygens (including phenoxy) is 1. The molecule has 0 N–H and O–H groups in total. The van der Waals surface area contributed by atoms with Gasteiger partial charge in [0.25, 0.3) is 0 Å². The highest BCUT2D eigenvalue weighted by atomic mass is 31.0. The Kier molecular flexibility index (Phi) is 8.56. The average molecular weight is 336 g/mol. The molecule has 1 aliphatic heterocycles. The van der Waals surface area contributed by atoms with Gasteiger partial charge in [-0.1, -0.05) is 0 Å².